The van der Waals surface area contributed by atoms with Gasteiger partial charge in [-0.2, -0.15) is 0 Å². The fraction of sp³-hybridized carbons (Fsp3) is 0.222. The van der Waals surface area contributed by atoms with Crippen LogP contribution in [0.2, 0.25) is 0 Å². The highest BCUT2D eigenvalue weighted by atomic mass is 16.5. The number of hydrogen-bond donors (Lipinski definition) is 1. The second-order valence-corrected chi connectivity index (χ2v) is 5.11. The lowest BCUT2D eigenvalue weighted by molar-refractivity contribution is -0.142. The van der Waals surface area contributed by atoms with Gasteiger partial charge in [-0.25, -0.2) is 4.79 Å². The van der Waals surface area contributed by atoms with Gasteiger partial charge in [0.15, 0.2) is 0 Å². The molecule has 1 amide bonds. The Morgan fingerprint density at radius 3 is 2.45 bits per heavy atom. The number of aryl methyl sites for hydroxylation is 1. The van der Waals surface area contributed by atoms with Crippen LogP contribution in [0.25, 0.3) is 0 Å². The molecule has 0 radical (unpaired) electrons. The molecule has 1 N–H and O–H groups in total. The number of ether oxygens (including phenoxy) is 1. The quantitative estimate of drug-likeness (QED) is 0.863. The van der Waals surface area contributed by atoms with Crippen molar-refractivity contribution < 1.29 is 14.3 Å². The van der Waals surface area contributed by atoms with E-state index in [9.17, 15) is 9.59 Å². The minimum Gasteiger partial charge on any atom is -0.467 e. The molecule has 0 unspecified atom stereocenters. The molecule has 2 aromatic carbocycles. The first kappa shape index (κ1) is 15.8. The second kappa shape index (κ2) is 7.41. The van der Waals surface area contributed by atoms with Crippen molar-refractivity contribution in [2.45, 2.75) is 19.4 Å². The molecule has 0 saturated heterocycles. The predicted octanol–water partition coefficient (Wildman–Crippen LogP) is 2.51. The summed E-state index contributed by atoms with van der Waals surface area (Å²) in [6.45, 7) is 1.99. The summed E-state index contributed by atoms with van der Waals surface area (Å²) in [4.78, 5) is 24.1. The number of carbonyl (C=O) groups excluding carboxylic acids is 2. The summed E-state index contributed by atoms with van der Waals surface area (Å²) in [5.74, 6) is -0.741. The van der Waals surface area contributed by atoms with E-state index in [1.807, 2.05) is 37.3 Å². The topological polar surface area (TPSA) is 55.4 Å². The molecule has 0 heterocycles. The Labute approximate surface area is 130 Å². The van der Waals surface area contributed by atoms with Crippen molar-refractivity contribution in [2.75, 3.05) is 7.11 Å². The largest absolute Gasteiger partial charge is 0.467 e. The standard InChI is InChI=1S/C18H19NO3/c1-13-7-6-8-14(11-13)12-16(18(21)22-2)19-17(20)15-9-4-3-5-10-15/h3-11,16H,12H2,1-2H3,(H,19,20)/t16-/m0/s1. The first-order valence-corrected chi connectivity index (χ1v) is 7.09. The van der Waals surface area contributed by atoms with Gasteiger partial charge in [0, 0.05) is 12.0 Å². The van der Waals surface area contributed by atoms with E-state index in [-0.39, 0.29) is 5.91 Å². The number of methoxy groups -OCH3 is 1. The van der Waals surface area contributed by atoms with Gasteiger partial charge in [0.05, 0.1) is 7.11 Å². The Kier molecular flexibility index (Phi) is 5.31. The molecule has 0 aliphatic heterocycles. The molecule has 0 bridgehead atoms. The van der Waals surface area contributed by atoms with E-state index in [1.54, 1.807) is 24.3 Å². The third-order valence-corrected chi connectivity index (χ3v) is 3.35. The van der Waals surface area contributed by atoms with Crippen LogP contribution in [0.4, 0.5) is 0 Å². The van der Waals surface area contributed by atoms with Crippen LogP contribution in [0.3, 0.4) is 0 Å². The van der Waals surface area contributed by atoms with E-state index in [2.05, 4.69) is 5.32 Å². The molecular formula is C18H19NO3. The van der Waals surface area contributed by atoms with Crippen molar-refractivity contribution in [1.29, 1.82) is 0 Å². The van der Waals surface area contributed by atoms with Gasteiger partial charge in [-0.3, -0.25) is 4.79 Å². The fourth-order valence-electron chi connectivity index (χ4n) is 2.24. The van der Waals surface area contributed by atoms with Gasteiger partial charge in [-0.05, 0) is 24.6 Å². The van der Waals surface area contributed by atoms with Crippen molar-refractivity contribution in [3.8, 4) is 0 Å². The Bertz CT molecular complexity index is 652. The van der Waals surface area contributed by atoms with E-state index in [0.717, 1.165) is 11.1 Å². The van der Waals surface area contributed by atoms with Crippen LogP contribution in [-0.4, -0.2) is 25.0 Å². The summed E-state index contributed by atoms with van der Waals surface area (Å²) in [7, 11) is 1.32. The molecule has 2 aromatic rings. The molecular weight excluding hydrogens is 278 g/mol. The van der Waals surface area contributed by atoms with Crippen molar-refractivity contribution in [3.63, 3.8) is 0 Å². The molecule has 0 aromatic heterocycles. The van der Waals surface area contributed by atoms with E-state index in [4.69, 9.17) is 4.74 Å². The Hall–Kier alpha value is -2.62. The highest BCUT2D eigenvalue weighted by Crippen LogP contribution is 2.09. The third-order valence-electron chi connectivity index (χ3n) is 3.35. The number of nitrogens with one attached hydrogen (secondary N) is 1. The number of hydrogen-bond acceptors (Lipinski definition) is 3. The summed E-state index contributed by atoms with van der Waals surface area (Å²) in [6.07, 6.45) is 0.396. The summed E-state index contributed by atoms with van der Waals surface area (Å²) < 4.78 is 4.80. The maximum absolute atomic E-state index is 12.2. The van der Waals surface area contributed by atoms with Crippen LogP contribution in [-0.2, 0) is 16.0 Å². The van der Waals surface area contributed by atoms with Gasteiger partial charge in [0.1, 0.15) is 6.04 Å². The van der Waals surface area contributed by atoms with Crippen molar-refractivity contribution >= 4 is 11.9 Å². The Balaban J connectivity index is 2.13. The minimum atomic E-state index is -0.709. The lowest BCUT2D eigenvalue weighted by Crippen LogP contribution is -2.43. The van der Waals surface area contributed by atoms with Gasteiger partial charge in [-0.15, -0.1) is 0 Å². The van der Waals surface area contributed by atoms with Gasteiger partial charge < -0.3 is 10.1 Å². The molecule has 2 rings (SSSR count). The molecule has 0 aliphatic rings. The maximum atomic E-state index is 12.2. The Morgan fingerprint density at radius 2 is 1.82 bits per heavy atom. The van der Waals surface area contributed by atoms with Crippen LogP contribution in [0.1, 0.15) is 21.5 Å². The molecule has 1 atom stereocenters. The molecule has 114 valence electrons. The number of carbonyl (C=O) groups is 2. The smallest absolute Gasteiger partial charge is 0.328 e. The summed E-state index contributed by atoms with van der Waals surface area (Å²) in [5, 5.41) is 2.74. The predicted molar refractivity (Wildman–Crippen MR) is 84.6 cm³/mol. The zero-order valence-corrected chi connectivity index (χ0v) is 12.7. The van der Waals surface area contributed by atoms with E-state index >= 15 is 0 Å². The SMILES string of the molecule is COC(=O)[C@H](Cc1cccc(C)c1)NC(=O)c1ccccc1. The first-order valence-electron chi connectivity index (χ1n) is 7.09. The zero-order chi connectivity index (χ0) is 15.9. The monoisotopic (exact) mass is 297 g/mol. The molecule has 0 spiro atoms. The lowest BCUT2D eigenvalue weighted by Gasteiger charge is -2.17. The molecule has 4 heteroatoms. The third kappa shape index (κ3) is 4.19. The number of esters is 1. The minimum absolute atomic E-state index is 0.288. The second-order valence-electron chi connectivity index (χ2n) is 5.11. The van der Waals surface area contributed by atoms with E-state index < -0.39 is 12.0 Å². The van der Waals surface area contributed by atoms with E-state index in [0.29, 0.717) is 12.0 Å². The van der Waals surface area contributed by atoms with Gasteiger partial charge >= 0.3 is 5.97 Å². The van der Waals surface area contributed by atoms with Crippen molar-refractivity contribution in [1.82, 2.24) is 5.32 Å². The molecule has 0 saturated carbocycles. The number of amides is 1. The average Bonchev–Trinajstić information content (AvgIpc) is 2.54. The molecule has 0 aliphatic carbocycles. The Morgan fingerprint density at radius 1 is 1.09 bits per heavy atom. The highest BCUT2D eigenvalue weighted by Gasteiger charge is 2.22. The van der Waals surface area contributed by atoms with Gasteiger partial charge in [0.25, 0.3) is 5.91 Å². The van der Waals surface area contributed by atoms with Gasteiger partial charge in [-0.1, -0.05) is 48.0 Å². The maximum Gasteiger partial charge on any atom is 0.328 e. The number of benzene rings is 2. The summed E-state index contributed by atoms with van der Waals surface area (Å²) >= 11 is 0. The zero-order valence-electron chi connectivity index (χ0n) is 12.7. The normalized spacial score (nSPS) is 11.5. The molecule has 4 nitrogen and oxygen atoms in total. The average molecular weight is 297 g/mol. The number of rotatable bonds is 5. The van der Waals surface area contributed by atoms with Crippen molar-refractivity contribution in [3.05, 3.63) is 71.3 Å². The highest BCUT2D eigenvalue weighted by molar-refractivity contribution is 5.96. The van der Waals surface area contributed by atoms with Crippen LogP contribution in [0.15, 0.2) is 54.6 Å². The lowest BCUT2D eigenvalue weighted by atomic mass is 10.0. The summed E-state index contributed by atoms with van der Waals surface area (Å²) in [5.41, 5.74) is 2.60. The van der Waals surface area contributed by atoms with Crippen molar-refractivity contribution in [2.24, 2.45) is 0 Å². The van der Waals surface area contributed by atoms with Crippen LogP contribution in [0, 0.1) is 6.92 Å². The van der Waals surface area contributed by atoms with Gasteiger partial charge in [0.2, 0.25) is 0 Å². The van der Waals surface area contributed by atoms with Crippen LogP contribution < -0.4 is 5.32 Å². The van der Waals surface area contributed by atoms with Crippen LogP contribution in [0.5, 0.6) is 0 Å². The molecule has 0 fully saturated rings. The first-order chi connectivity index (χ1) is 10.6. The molecule has 22 heavy (non-hydrogen) atoms. The fourth-order valence-corrected chi connectivity index (χ4v) is 2.24. The van der Waals surface area contributed by atoms with Crippen LogP contribution >= 0.6 is 0 Å². The van der Waals surface area contributed by atoms with E-state index in [1.165, 1.54) is 7.11 Å². The summed E-state index contributed by atoms with van der Waals surface area (Å²) in [6, 6.07) is 15.9.